The molecule has 1 amide bonds. The van der Waals surface area contributed by atoms with E-state index in [0.717, 1.165) is 5.56 Å². The molecular weight excluding hydrogens is 408 g/mol. The van der Waals surface area contributed by atoms with E-state index in [0.29, 0.717) is 21.8 Å². The molecule has 29 heavy (non-hydrogen) atoms. The highest BCUT2D eigenvalue weighted by molar-refractivity contribution is 7.92. The van der Waals surface area contributed by atoms with E-state index in [4.69, 9.17) is 11.6 Å². The van der Waals surface area contributed by atoms with Gasteiger partial charge in [-0.1, -0.05) is 41.9 Å². The molecule has 0 aromatic heterocycles. The van der Waals surface area contributed by atoms with Crippen LogP contribution in [-0.4, -0.2) is 14.3 Å². The molecule has 0 aliphatic rings. The van der Waals surface area contributed by atoms with Gasteiger partial charge in [-0.15, -0.1) is 0 Å². The van der Waals surface area contributed by atoms with Gasteiger partial charge in [-0.3, -0.25) is 9.52 Å². The van der Waals surface area contributed by atoms with Crippen LogP contribution < -0.4 is 10.0 Å². The second-order valence-corrected chi connectivity index (χ2v) is 8.81. The molecule has 0 spiro atoms. The number of hydrogen-bond acceptors (Lipinski definition) is 3. The molecule has 3 aromatic carbocycles. The molecule has 150 valence electrons. The molecule has 0 saturated heterocycles. The molecule has 0 bridgehead atoms. The zero-order chi connectivity index (χ0) is 21.0. The Morgan fingerprint density at radius 2 is 1.62 bits per heavy atom. The first-order valence-electron chi connectivity index (χ1n) is 9.01. The maximum absolute atomic E-state index is 12.6. The van der Waals surface area contributed by atoms with Gasteiger partial charge in [0.1, 0.15) is 0 Å². The maximum atomic E-state index is 12.6. The lowest BCUT2D eigenvalue weighted by atomic mass is 10.1. The summed E-state index contributed by atoms with van der Waals surface area (Å²) in [5.74, 6) is -0.225. The van der Waals surface area contributed by atoms with Crippen molar-refractivity contribution in [3.05, 3.63) is 94.5 Å². The Kier molecular flexibility index (Phi) is 6.25. The molecule has 1 unspecified atom stereocenters. The minimum Gasteiger partial charge on any atom is -0.346 e. The SMILES string of the molecule is Cc1cc(C(=O)NC(C)c2ccccc2)ccc1NS(=O)(=O)c1ccc(Cl)cc1. The van der Waals surface area contributed by atoms with Crippen LogP contribution in [0.2, 0.25) is 5.02 Å². The molecule has 2 N–H and O–H groups in total. The quantitative estimate of drug-likeness (QED) is 0.583. The van der Waals surface area contributed by atoms with Crippen LogP contribution in [0.3, 0.4) is 0 Å². The van der Waals surface area contributed by atoms with Crippen LogP contribution in [-0.2, 0) is 10.0 Å². The van der Waals surface area contributed by atoms with Crippen LogP contribution in [0, 0.1) is 6.92 Å². The lowest BCUT2D eigenvalue weighted by Crippen LogP contribution is -2.26. The summed E-state index contributed by atoms with van der Waals surface area (Å²) in [6.45, 7) is 3.66. The van der Waals surface area contributed by atoms with Gasteiger partial charge in [-0.05, 0) is 67.4 Å². The van der Waals surface area contributed by atoms with Gasteiger partial charge in [-0.25, -0.2) is 8.42 Å². The molecule has 0 fully saturated rings. The van der Waals surface area contributed by atoms with Crippen LogP contribution in [0.5, 0.6) is 0 Å². The zero-order valence-electron chi connectivity index (χ0n) is 16.0. The Hall–Kier alpha value is -2.83. The van der Waals surface area contributed by atoms with Crippen molar-refractivity contribution in [1.29, 1.82) is 0 Å². The molecule has 1 atom stereocenters. The summed E-state index contributed by atoms with van der Waals surface area (Å²) in [6.07, 6.45) is 0. The number of benzene rings is 3. The van der Waals surface area contributed by atoms with Gasteiger partial charge in [0.25, 0.3) is 15.9 Å². The number of halogens is 1. The molecule has 0 aliphatic carbocycles. The van der Waals surface area contributed by atoms with Crippen LogP contribution in [0.1, 0.15) is 34.5 Å². The van der Waals surface area contributed by atoms with E-state index < -0.39 is 10.0 Å². The third-order valence-corrected chi connectivity index (χ3v) is 6.14. The van der Waals surface area contributed by atoms with Gasteiger partial charge in [-0.2, -0.15) is 0 Å². The Morgan fingerprint density at radius 1 is 0.966 bits per heavy atom. The minimum absolute atomic E-state index is 0.111. The van der Waals surface area contributed by atoms with Crippen LogP contribution in [0.25, 0.3) is 0 Å². The maximum Gasteiger partial charge on any atom is 0.261 e. The first kappa shape index (κ1) is 20.9. The lowest BCUT2D eigenvalue weighted by molar-refractivity contribution is 0.0940. The Balaban J connectivity index is 1.74. The van der Waals surface area contributed by atoms with Crippen LogP contribution in [0.4, 0.5) is 5.69 Å². The second-order valence-electron chi connectivity index (χ2n) is 6.69. The summed E-state index contributed by atoms with van der Waals surface area (Å²) < 4.78 is 27.7. The number of aryl methyl sites for hydroxylation is 1. The molecule has 7 heteroatoms. The number of hydrogen-bond donors (Lipinski definition) is 2. The van der Waals surface area contributed by atoms with Crippen molar-refractivity contribution in [2.75, 3.05) is 4.72 Å². The summed E-state index contributed by atoms with van der Waals surface area (Å²) in [7, 11) is -3.75. The highest BCUT2D eigenvalue weighted by Gasteiger charge is 2.17. The molecule has 0 aliphatic heterocycles. The van der Waals surface area contributed by atoms with E-state index in [-0.39, 0.29) is 16.8 Å². The summed E-state index contributed by atoms with van der Waals surface area (Å²) in [4.78, 5) is 12.7. The van der Waals surface area contributed by atoms with Gasteiger partial charge in [0.15, 0.2) is 0 Å². The lowest BCUT2D eigenvalue weighted by Gasteiger charge is -2.16. The van der Waals surface area contributed by atoms with E-state index >= 15 is 0 Å². The molecule has 5 nitrogen and oxygen atoms in total. The number of carbonyl (C=O) groups is 1. The Bertz CT molecular complexity index is 1110. The summed E-state index contributed by atoms with van der Waals surface area (Å²) in [5.41, 5.74) is 2.51. The first-order valence-corrected chi connectivity index (χ1v) is 10.9. The third kappa shape index (κ3) is 5.16. The van der Waals surface area contributed by atoms with Crippen molar-refractivity contribution in [3.63, 3.8) is 0 Å². The summed E-state index contributed by atoms with van der Waals surface area (Å²) in [6, 6.07) is 20.3. The fraction of sp³-hybridized carbons (Fsp3) is 0.136. The number of amides is 1. The van der Waals surface area contributed by atoms with E-state index in [9.17, 15) is 13.2 Å². The fourth-order valence-electron chi connectivity index (χ4n) is 2.84. The van der Waals surface area contributed by atoms with Crippen LogP contribution >= 0.6 is 11.6 Å². The third-order valence-electron chi connectivity index (χ3n) is 4.50. The Labute approximate surface area is 175 Å². The zero-order valence-corrected chi connectivity index (χ0v) is 17.6. The molecule has 3 rings (SSSR count). The monoisotopic (exact) mass is 428 g/mol. The van der Waals surface area contributed by atoms with Crippen molar-refractivity contribution in [1.82, 2.24) is 5.32 Å². The molecular formula is C22H21ClN2O3S. The highest BCUT2D eigenvalue weighted by Crippen LogP contribution is 2.22. The smallest absolute Gasteiger partial charge is 0.261 e. The fourth-order valence-corrected chi connectivity index (χ4v) is 4.10. The summed E-state index contributed by atoms with van der Waals surface area (Å²) in [5, 5.41) is 3.41. The van der Waals surface area contributed by atoms with E-state index in [1.807, 2.05) is 37.3 Å². The topological polar surface area (TPSA) is 75.3 Å². The van der Waals surface area contributed by atoms with E-state index in [1.54, 1.807) is 25.1 Å². The number of carbonyl (C=O) groups excluding carboxylic acids is 1. The van der Waals surface area contributed by atoms with Gasteiger partial charge >= 0.3 is 0 Å². The molecule has 3 aromatic rings. The van der Waals surface area contributed by atoms with Crippen molar-refractivity contribution in [3.8, 4) is 0 Å². The number of nitrogens with one attached hydrogen (secondary N) is 2. The van der Waals surface area contributed by atoms with Crippen molar-refractivity contribution >= 4 is 33.2 Å². The molecule has 0 saturated carbocycles. The predicted octanol–water partition coefficient (Wildman–Crippen LogP) is 4.94. The average Bonchev–Trinajstić information content (AvgIpc) is 2.70. The largest absolute Gasteiger partial charge is 0.346 e. The highest BCUT2D eigenvalue weighted by atomic mass is 35.5. The number of sulfonamides is 1. The van der Waals surface area contributed by atoms with Gasteiger partial charge in [0.05, 0.1) is 16.6 Å². The number of anilines is 1. The Morgan fingerprint density at radius 3 is 2.24 bits per heavy atom. The second kappa shape index (κ2) is 8.68. The normalized spacial score (nSPS) is 12.2. The average molecular weight is 429 g/mol. The predicted molar refractivity (Wildman–Crippen MR) is 116 cm³/mol. The van der Waals surface area contributed by atoms with Crippen molar-refractivity contribution in [2.24, 2.45) is 0 Å². The van der Waals surface area contributed by atoms with Gasteiger partial charge in [0, 0.05) is 10.6 Å². The summed E-state index contributed by atoms with van der Waals surface area (Å²) >= 11 is 5.82. The standard InChI is InChI=1S/C22H21ClN2O3S/c1-15-14-18(22(26)24-16(2)17-6-4-3-5-7-17)8-13-21(15)25-29(27,28)20-11-9-19(23)10-12-20/h3-14,16,25H,1-2H3,(H,24,26). The van der Waals surface area contributed by atoms with Gasteiger partial charge in [0.2, 0.25) is 0 Å². The van der Waals surface area contributed by atoms with E-state index in [1.165, 1.54) is 24.3 Å². The minimum atomic E-state index is -3.75. The van der Waals surface area contributed by atoms with Crippen molar-refractivity contribution < 1.29 is 13.2 Å². The van der Waals surface area contributed by atoms with Crippen molar-refractivity contribution in [2.45, 2.75) is 24.8 Å². The molecule has 0 heterocycles. The van der Waals surface area contributed by atoms with E-state index in [2.05, 4.69) is 10.0 Å². The first-order chi connectivity index (χ1) is 13.8. The number of rotatable bonds is 6. The molecule has 0 radical (unpaired) electrons. The van der Waals surface area contributed by atoms with Gasteiger partial charge < -0.3 is 5.32 Å². The van der Waals surface area contributed by atoms with Crippen LogP contribution in [0.15, 0.2) is 77.7 Å².